The molecule has 0 bridgehead atoms. The molecule has 0 radical (unpaired) electrons. The fourth-order valence-electron chi connectivity index (χ4n) is 2.44. The van der Waals surface area contributed by atoms with Crippen LogP contribution in [0.25, 0.3) is 0 Å². The van der Waals surface area contributed by atoms with Gasteiger partial charge < -0.3 is 5.32 Å². The van der Waals surface area contributed by atoms with Crippen LogP contribution in [-0.2, 0) is 11.8 Å². The Kier molecular flexibility index (Phi) is 3.63. The molecule has 0 amide bonds. The summed E-state index contributed by atoms with van der Waals surface area (Å²) in [4.78, 5) is 1.45. The fraction of sp³-hybridized carbons (Fsp3) is 0.286. The van der Waals surface area contributed by atoms with E-state index in [0.717, 1.165) is 24.0 Å². The van der Waals surface area contributed by atoms with Gasteiger partial charge in [0.25, 0.3) is 0 Å². The summed E-state index contributed by atoms with van der Waals surface area (Å²) in [5.41, 5.74) is 1.72. The molecule has 94 valence electrons. The van der Waals surface area contributed by atoms with Crippen LogP contribution in [0.1, 0.15) is 10.4 Å². The van der Waals surface area contributed by atoms with Crippen molar-refractivity contribution in [3.63, 3.8) is 0 Å². The third-order valence-corrected chi connectivity index (χ3v) is 5.68. The maximum Gasteiger partial charge on any atom is 0.0701 e. The first-order chi connectivity index (χ1) is 8.68. The zero-order valence-corrected chi connectivity index (χ0v) is 13.7. The van der Waals surface area contributed by atoms with Crippen molar-refractivity contribution in [1.29, 1.82) is 0 Å². The number of halogens is 2. The molecular weight excluding hydrogens is 374 g/mol. The average molecular weight is 387 g/mol. The van der Waals surface area contributed by atoms with Crippen LogP contribution in [-0.4, -0.2) is 13.1 Å². The Hall–Kier alpha value is -0.160. The molecule has 0 spiro atoms. The van der Waals surface area contributed by atoms with E-state index < -0.39 is 0 Å². The van der Waals surface area contributed by atoms with Gasteiger partial charge in [-0.25, -0.2) is 0 Å². The molecule has 0 atom stereocenters. The van der Waals surface area contributed by atoms with E-state index in [-0.39, 0.29) is 5.41 Å². The molecule has 1 nitrogen and oxygen atoms in total. The standard InChI is InChI=1S/C14H13Br2NS/c15-11-3-1-10(2-4-11)14(8-17-9-14)7-12-5-6-13(16)18-12/h1-6,17H,7-9H2. The highest BCUT2D eigenvalue weighted by Gasteiger charge is 2.38. The van der Waals surface area contributed by atoms with Crippen molar-refractivity contribution < 1.29 is 0 Å². The summed E-state index contributed by atoms with van der Waals surface area (Å²) in [6, 6.07) is 13.1. The van der Waals surface area contributed by atoms with Gasteiger partial charge in [-0.1, -0.05) is 28.1 Å². The van der Waals surface area contributed by atoms with Gasteiger partial charge in [-0.2, -0.15) is 0 Å². The van der Waals surface area contributed by atoms with Crippen molar-refractivity contribution in [3.8, 4) is 0 Å². The van der Waals surface area contributed by atoms with Crippen molar-refractivity contribution in [2.24, 2.45) is 0 Å². The Labute approximate surface area is 128 Å². The molecule has 2 heterocycles. The zero-order chi connectivity index (χ0) is 12.6. The summed E-state index contributed by atoms with van der Waals surface area (Å²) in [5, 5.41) is 3.42. The monoisotopic (exact) mass is 385 g/mol. The van der Waals surface area contributed by atoms with Gasteiger partial charge in [0, 0.05) is 27.9 Å². The summed E-state index contributed by atoms with van der Waals surface area (Å²) in [7, 11) is 0. The van der Waals surface area contributed by atoms with E-state index in [4.69, 9.17) is 0 Å². The molecule has 0 aliphatic carbocycles. The average Bonchev–Trinajstić information content (AvgIpc) is 2.71. The third-order valence-electron chi connectivity index (χ3n) is 3.52. The smallest absolute Gasteiger partial charge is 0.0701 e. The maximum absolute atomic E-state index is 3.54. The van der Waals surface area contributed by atoms with E-state index in [9.17, 15) is 0 Å². The number of hydrogen-bond donors (Lipinski definition) is 1. The van der Waals surface area contributed by atoms with Crippen LogP contribution in [0.15, 0.2) is 44.7 Å². The quantitative estimate of drug-likeness (QED) is 0.826. The van der Waals surface area contributed by atoms with Gasteiger partial charge in [-0.05, 0) is 52.2 Å². The predicted molar refractivity (Wildman–Crippen MR) is 84.4 cm³/mol. The van der Waals surface area contributed by atoms with Gasteiger partial charge in [0.15, 0.2) is 0 Å². The first-order valence-electron chi connectivity index (χ1n) is 5.89. The van der Waals surface area contributed by atoms with Crippen LogP contribution in [0, 0.1) is 0 Å². The molecule has 4 heteroatoms. The van der Waals surface area contributed by atoms with E-state index in [0.29, 0.717) is 0 Å². The summed E-state index contributed by atoms with van der Waals surface area (Å²) < 4.78 is 2.36. The minimum absolute atomic E-state index is 0.283. The van der Waals surface area contributed by atoms with Gasteiger partial charge >= 0.3 is 0 Å². The van der Waals surface area contributed by atoms with Gasteiger partial charge in [-0.15, -0.1) is 11.3 Å². The first-order valence-corrected chi connectivity index (χ1v) is 8.29. The molecule has 3 rings (SSSR count). The lowest BCUT2D eigenvalue weighted by molar-refractivity contribution is 0.276. The Morgan fingerprint density at radius 2 is 1.78 bits per heavy atom. The van der Waals surface area contributed by atoms with Crippen LogP contribution in [0.5, 0.6) is 0 Å². The molecule has 18 heavy (non-hydrogen) atoms. The van der Waals surface area contributed by atoms with Gasteiger partial charge in [0.05, 0.1) is 3.79 Å². The normalized spacial score (nSPS) is 17.4. The third kappa shape index (κ3) is 2.44. The van der Waals surface area contributed by atoms with Gasteiger partial charge in [-0.3, -0.25) is 0 Å². The van der Waals surface area contributed by atoms with Crippen molar-refractivity contribution in [2.45, 2.75) is 11.8 Å². The van der Waals surface area contributed by atoms with Gasteiger partial charge in [0.1, 0.15) is 0 Å². The minimum atomic E-state index is 0.283. The lowest BCUT2D eigenvalue weighted by Gasteiger charge is -2.43. The first kappa shape index (κ1) is 12.9. The highest BCUT2D eigenvalue weighted by atomic mass is 79.9. The van der Waals surface area contributed by atoms with Crippen molar-refractivity contribution in [2.75, 3.05) is 13.1 Å². The molecule has 1 N–H and O–H groups in total. The summed E-state index contributed by atoms with van der Waals surface area (Å²) in [6.07, 6.45) is 1.12. The zero-order valence-electron chi connectivity index (χ0n) is 9.75. The van der Waals surface area contributed by atoms with E-state index in [1.165, 1.54) is 14.2 Å². The van der Waals surface area contributed by atoms with Crippen molar-refractivity contribution in [3.05, 3.63) is 55.1 Å². The largest absolute Gasteiger partial charge is 0.315 e. The van der Waals surface area contributed by atoms with Crippen molar-refractivity contribution >= 4 is 43.2 Å². The van der Waals surface area contributed by atoms with Crippen molar-refractivity contribution in [1.82, 2.24) is 5.32 Å². The highest BCUT2D eigenvalue weighted by Crippen LogP contribution is 2.36. The lowest BCUT2D eigenvalue weighted by Crippen LogP contribution is -2.58. The Morgan fingerprint density at radius 3 is 2.28 bits per heavy atom. The van der Waals surface area contributed by atoms with E-state index in [2.05, 4.69) is 73.6 Å². The van der Waals surface area contributed by atoms with E-state index in [1.54, 1.807) is 0 Å². The number of hydrogen-bond acceptors (Lipinski definition) is 2. The summed E-state index contributed by atoms with van der Waals surface area (Å²) in [6.45, 7) is 2.15. The molecule has 1 aromatic heterocycles. The van der Waals surface area contributed by atoms with Crippen LogP contribution >= 0.6 is 43.2 Å². The molecule has 0 unspecified atom stereocenters. The lowest BCUT2D eigenvalue weighted by atomic mass is 9.72. The summed E-state index contributed by atoms with van der Waals surface area (Å²) in [5.74, 6) is 0. The van der Waals surface area contributed by atoms with Gasteiger partial charge in [0.2, 0.25) is 0 Å². The number of nitrogens with one attached hydrogen (secondary N) is 1. The number of thiophene rings is 1. The predicted octanol–water partition coefficient (Wildman–Crippen LogP) is 4.36. The molecule has 0 saturated carbocycles. The maximum atomic E-state index is 3.54. The van der Waals surface area contributed by atoms with Crippen LogP contribution in [0.3, 0.4) is 0 Å². The summed E-state index contributed by atoms with van der Waals surface area (Å²) >= 11 is 8.89. The highest BCUT2D eigenvalue weighted by molar-refractivity contribution is 9.11. The number of rotatable bonds is 3. The molecular formula is C14H13Br2NS. The second-order valence-electron chi connectivity index (χ2n) is 4.77. The minimum Gasteiger partial charge on any atom is -0.315 e. The Morgan fingerprint density at radius 1 is 1.06 bits per heavy atom. The topological polar surface area (TPSA) is 12.0 Å². The molecule has 1 aromatic carbocycles. The van der Waals surface area contributed by atoms with Crippen LogP contribution < -0.4 is 5.32 Å². The van der Waals surface area contributed by atoms with E-state index in [1.807, 2.05) is 11.3 Å². The SMILES string of the molecule is Brc1ccc(C2(Cc3ccc(Br)s3)CNC2)cc1. The molecule has 1 saturated heterocycles. The molecule has 1 aliphatic rings. The second-order valence-corrected chi connectivity index (χ2v) is 8.24. The fourth-order valence-corrected chi connectivity index (χ4v) is 4.33. The molecule has 2 aromatic rings. The van der Waals surface area contributed by atoms with E-state index >= 15 is 0 Å². The van der Waals surface area contributed by atoms with Crippen LogP contribution in [0.4, 0.5) is 0 Å². The molecule has 1 fully saturated rings. The second kappa shape index (κ2) is 5.08. The molecule has 1 aliphatic heterocycles. The Balaban J connectivity index is 1.88. The Bertz CT molecular complexity index is 543. The number of benzene rings is 1. The van der Waals surface area contributed by atoms with Crippen LogP contribution in [0.2, 0.25) is 0 Å².